The molecule has 0 amide bonds. The number of H-pyrrole nitrogens is 2. The normalized spacial score (nSPS) is 28.4. The Bertz CT molecular complexity index is 2210. The van der Waals surface area contributed by atoms with E-state index in [1.54, 1.807) is 0 Å². The van der Waals surface area contributed by atoms with Crippen LogP contribution in [0.4, 0.5) is 0 Å². The summed E-state index contributed by atoms with van der Waals surface area (Å²) in [6.45, 7) is 0. The van der Waals surface area contributed by atoms with Gasteiger partial charge in [-0.15, -0.1) is 0 Å². The number of nitrogens with zero attached hydrogens (tertiary/aromatic N) is 1. The van der Waals surface area contributed by atoms with Crippen molar-refractivity contribution in [2.45, 2.75) is 62.2 Å². The van der Waals surface area contributed by atoms with E-state index in [0.29, 0.717) is 35.5 Å². The SMILES string of the molecule is C1=C[C@H]2CC[C@@H]1C1=C2c2cc3[nH]c(cc4cc(cc5[nH]c(cc1n2)c1c5[C@@H]2C=C[C@H]1CC2)-c1ccccc1-4)c1c3[C@@H]2C=C[C@H]1CC2. The molecule has 1 aliphatic heterocycles. The van der Waals surface area contributed by atoms with Crippen molar-refractivity contribution in [1.29, 1.82) is 0 Å². The van der Waals surface area contributed by atoms with Crippen LogP contribution in [0, 0.1) is 11.8 Å². The highest BCUT2D eigenvalue weighted by Crippen LogP contribution is 2.54. The minimum absolute atomic E-state index is 0.463. The molecule has 2 N–H and O–H groups in total. The van der Waals surface area contributed by atoms with E-state index >= 15 is 0 Å². The quantitative estimate of drug-likeness (QED) is 0.172. The highest BCUT2D eigenvalue weighted by atomic mass is 14.8. The topological polar surface area (TPSA) is 44.5 Å². The predicted molar refractivity (Wildman–Crippen MR) is 188 cm³/mol. The molecule has 0 saturated carbocycles. The maximum absolute atomic E-state index is 5.56. The second-order valence-electron chi connectivity index (χ2n) is 15.0. The molecule has 0 fully saturated rings. The van der Waals surface area contributed by atoms with Crippen molar-refractivity contribution in [3.63, 3.8) is 0 Å². The van der Waals surface area contributed by atoms with Gasteiger partial charge in [0.05, 0.1) is 11.4 Å². The molecule has 11 aliphatic rings. The molecule has 3 heteroatoms. The molecule has 3 nitrogen and oxygen atoms in total. The fourth-order valence-electron chi connectivity index (χ4n) is 10.8. The second kappa shape index (κ2) is 8.59. The molecule has 1 aromatic carbocycles. The lowest BCUT2D eigenvalue weighted by Crippen LogP contribution is -2.18. The van der Waals surface area contributed by atoms with E-state index in [4.69, 9.17) is 4.98 Å². The van der Waals surface area contributed by atoms with Crippen LogP contribution in [0.25, 0.3) is 55.5 Å². The molecular weight excluding hydrogens is 558 g/mol. The molecule has 0 saturated heterocycles. The zero-order valence-corrected chi connectivity index (χ0v) is 25.8. The standard InChI is InChI=1S/C43H35N3/c1-2-4-31-29-17-28(30(31)3-1)18-32-38-22-5-9-24(10-6-22)40(38)34(44-32)20-36-42-26-13-15-27(16-14-26)43(42)37(46-36)21-35-41-25-11-7-23(8-12-25)39(41)33(19-29)45-35/h1-5,7,9,11,13,15,17-27,44-45H,6,8,10,12,14,16H2/t22-,23+,24+,25-,26-,27+. The van der Waals surface area contributed by atoms with E-state index in [0.717, 1.165) is 0 Å². The van der Waals surface area contributed by atoms with E-state index in [9.17, 15) is 0 Å². The van der Waals surface area contributed by atoms with Crippen LogP contribution in [0.5, 0.6) is 0 Å². The van der Waals surface area contributed by atoms with Crippen LogP contribution in [-0.4, -0.2) is 15.0 Å². The lowest BCUT2D eigenvalue weighted by atomic mass is 9.70. The Morgan fingerprint density at radius 3 is 1.20 bits per heavy atom. The molecule has 0 spiro atoms. The molecule has 6 atom stereocenters. The summed E-state index contributed by atoms with van der Waals surface area (Å²) < 4.78 is 0. The molecule has 0 radical (unpaired) electrons. The number of benzene rings is 1. The maximum Gasteiger partial charge on any atom is 0.0699 e. The third-order valence-corrected chi connectivity index (χ3v) is 12.7. The Labute approximate surface area is 268 Å². The third-order valence-electron chi connectivity index (χ3n) is 12.7. The van der Waals surface area contributed by atoms with Gasteiger partial charge in [0.1, 0.15) is 0 Å². The van der Waals surface area contributed by atoms with Gasteiger partial charge >= 0.3 is 0 Å². The number of aromatic amines is 2. The number of nitrogens with one attached hydrogen (secondary N) is 2. The summed E-state index contributed by atoms with van der Waals surface area (Å²) in [6.07, 6.45) is 22.3. The smallest absolute Gasteiger partial charge is 0.0699 e. The first-order chi connectivity index (χ1) is 22.7. The Hall–Kier alpha value is -4.63. The summed E-state index contributed by atoms with van der Waals surface area (Å²) >= 11 is 0. The van der Waals surface area contributed by atoms with Gasteiger partial charge in [0, 0.05) is 57.6 Å². The van der Waals surface area contributed by atoms with E-state index in [2.05, 4.69) is 101 Å². The van der Waals surface area contributed by atoms with Gasteiger partial charge in [-0.2, -0.15) is 0 Å². The predicted octanol–water partition coefficient (Wildman–Crippen LogP) is 10.8. The Kier molecular flexibility index (Phi) is 4.59. The second-order valence-corrected chi connectivity index (χ2v) is 15.0. The van der Waals surface area contributed by atoms with Crippen molar-refractivity contribution in [2.24, 2.45) is 11.8 Å². The van der Waals surface area contributed by atoms with Crippen molar-refractivity contribution >= 4 is 33.2 Å². The number of fused-ring (bicyclic) bond motifs is 14. The van der Waals surface area contributed by atoms with Crippen LogP contribution in [0.1, 0.15) is 95.8 Å². The molecule has 14 bridgehead atoms. The fourth-order valence-corrected chi connectivity index (χ4v) is 10.8. The van der Waals surface area contributed by atoms with Gasteiger partial charge in [0.2, 0.25) is 0 Å². The molecule has 46 heavy (non-hydrogen) atoms. The number of rotatable bonds is 0. The van der Waals surface area contributed by atoms with Crippen LogP contribution < -0.4 is 0 Å². The van der Waals surface area contributed by atoms with Gasteiger partial charge in [0.25, 0.3) is 0 Å². The molecule has 0 unspecified atom stereocenters. The van der Waals surface area contributed by atoms with Gasteiger partial charge in [-0.3, -0.25) is 0 Å². The lowest BCUT2D eigenvalue weighted by molar-refractivity contribution is 0.558. The number of aromatic nitrogens is 3. The van der Waals surface area contributed by atoms with Gasteiger partial charge < -0.3 is 9.97 Å². The number of hydrogen-bond donors (Lipinski definition) is 2. The highest BCUT2D eigenvalue weighted by molar-refractivity contribution is 5.99. The van der Waals surface area contributed by atoms with Gasteiger partial charge in [-0.05, 0) is 125 Å². The Morgan fingerprint density at radius 2 is 0.804 bits per heavy atom. The first-order valence-electron chi connectivity index (χ1n) is 17.6. The van der Waals surface area contributed by atoms with Crippen molar-refractivity contribution in [3.05, 3.63) is 125 Å². The van der Waals surface area contributed by atoms with Crippen LogP contribution in [0.2, 0.25) is 0 Å². The van der Waals surface area contributed by atoms with Crippen LogP contribution in [0.3, 0.4) is 0 Å². The molecular formula is C43H35N3. The first-order valence-corrected chi connectivity index (χ1v) is 17.6. The summed E-state index contributed by atoms with van der Waals surface area (Å²) in [4.78, 5) is 13.6. The summed E-state index contributed by atoms with van der Waals surface area (Å²) in [5.74, 6) is 2.85. The van der Waals surface area contributed by atoms with Crippen LogP contribution in [-0.2, 0) is 0 Å². The van der Waals surface area contributed by atoms with Gasteiger partial charge in [0.15, 0.2) is 0 Å². The third kappa shape index (κ3) is 3.12. The van der Waals surface area contributed by atoms with E-state index in [-0.39, 0.29) is 0 Å². The summed E-state index contributed by atoms with van der Waals surface area (Å²) in [5.41, 5.74) is 21.8. The average Bonchev–Trinajstić information content (AvgIpc) is 3.87. The van der Waals surface area contributed by atoms with Crippen molar-refractivity contribution in [2.75, 3.05) is 0 Å². The molecule has 15 rings (SSSR count). The zero-order valence-electron chi connectivity index (χ0n) is 25.8. The lowest BCUT2D eigenvalue weighted by Gasteiger charge is -2.33. The average molecular weight is 594 g/mol. The number of allylic oxidation sites excluding steroid dienone is 8. The van der Waals surface area contributed by atoms with Gasteiger partial charge in [-0.1, -0.05) is 60.7 Å². The molecule has 4 aromatic rings. The number of hydrogen-bond acceptors (Lipinski definition) is 1. The monoisotopic (exact) mass is 593 g/mol. The van der Waals surface area contributed by atoms with E-state index in [1.165, 1.54) is 128 Å². The molecule has 10 aliphatic carbocycles. The van der Waals surface area contributed by atoms with Gasteiger partial charge in [-0.25, -0.2) is 4.98 Å². The Morgan fingerprint density at radius 1 is 0.435 bits per heavy atom. The molecule has 3 aromatic heterocycles. The largest absolute Gasteiger partial charge is 0.355 e. The fraction of sp³-hybridized carbons (Fsp3) is 0.279. The minimum atomic E-state index is 0.463. The molecule has 222 valence electrons. The van der Waals surface area contributed by atoms with Crippen molar-refractivity contribution in [3.8, 4) is 22.3 Å². The Balaban J connectivity index is 1.25. The zero-order chi connectivity index (χ0) is 29.7. The van der Waals surface area contributed by atoms with E-state index < -0.39 is 0 Å². The van der Waals surface area contributed by atoms with Crippen molar-refractivity contribution in [1.82, 2.24) is 15.0 Å². The summed E-state index contributed by atoms with van der Waals surface area (Å²) in [7, 11) is 0. The summed E-state index contributed by atoms with van der Waals surface area (Å²) in [5, 5.41) is 0. The summed E-state index contributed by atoms with van der Waals surface area (Å²) in [6, 6.07) is 21.2. The minimum Gasteiger partial charge on any atom is -0.355 e. The maximum atomic E-state index is 5.56. The van der Waals surface area contributed by atoms with Crippen LogP contribution in [0.15, 0.2) is 91.1 Å². The first kappa shape index (κ1) is 24.6. The van der Waals surface area contributed by atoms with Crippen molar-refractivity contribution < 1.29 is 0 Å². The molecule has 4 heterocycles. The highest BCUT2D eigenvalue weighted by Gasteiger charge is 2.39. The van der Waals surface area contributed by atoms with Crippen LogP contribution >= 0.6 is 0 Å². The van der Waals surface area contributed by atoms with E-state index in [1.807, 2.05) is 0 Å².